The molecule has 0 saturated carbocycles. The third-order valence-electron chi connectivity index (χ3n) is 4.11. The van der Waals surface area contributed by atoms with E-state index in [1.807, 2.05) is 24.3 Å². The normalized spacial score (nSPS) is 11.1. The van der Waals surface area contributed by atoms with Gasteiger partial charge < -0.3 is 0 Å². The summed E-state index contributed by atoms with van der Waals surface area (Å²) in [6.07, 6.45) is 0. The van der Waals surface area contributed by atoms with E-state index < -0.39 is 5.82 Å². The highest BCUT2D eigenvalue weighted by Gasteiger charge is 2.17. The third kappa shape index (κ3) is 3.27. The number of nitrogens with zero attached hydrogens (tertiary/aromatic N) is 2. The van der Waals surface area contributed by atoms with Gasteiger partial charge in [-0.3, -0.25) is 9.36 Å². The monoisotopic (exact) mass is 462 g/mol. The average Bonchev–Trinajstić information content (AvgIpc) is 2.64. The Balaban J connectivity index is 2.15. The van der Waals surface area contributed by atoms with Gasteiger partial charge in [-0.15, -0.1) is 0 Å². The number of rotatable bonds is 2. The van der Waals surface area contributed by atoms with Crippen LogP contribution in [0.5, 0.6) is 0 Å². The van der Waals surface area contributed by atoms with Crippen LogP contribution in [0.2, 0.25) is 10.0 Å². The van der Waals surface area contributed by atoms with Gasteiger partial charge >= 0.3 is 0 Å². The molecule has 0 saturated heterocycles. The molecule has 3 nitrogen and oxygen atoms in total. The summed E-state index contributed by atoms with van der Waals surface area (Å²) in [5.41, 5.74) is 1.15. The maximum absolute atomic E-state index is 14.1. The molecule has 4 aromatic rings. The molecule has 0 aliphatic heterocycles. The number of aromatic nitrogens is 2. The number of fused-ring (bicyclic) bond motifs is 1. The summed E-state index contributed by atoms with van der Waals surface area (Å²) in [6.45, 7) is 0. The van der Waals surface area contributed by atoms with Gasteiger partial charge in [0, 0.05) is 15.1 Å². The lowest BCUT2D eigenvalue weighted by Crippen LogP contribution is -2.22. The number of hydrogen-bond acceptors (Lipinski definition) is 2. The first-order chi connectivity index (χ1) is 13.0. The molecule has 0 aliphatic carbocycles. The molecule has 1 aromatic heterocycles. The molecule has 4 rings (SSSR count). The Morgan fingerprint density at radius 3 is 2.52 bits per heavy atom. The minimum atomic E-state index is -0.615. The van der Waals surface area contributed by atoms with Gasteiger partial charge in [-0.1, -0.05) is 57.3 Å². The van der Waals surface area contributed by atoms with Crippen LogP contribution in [-0.2, 0) is 0 Å². The summed E-state index contributed by atoms with van der Waals surface area (Å²) in [5, 5.41) is 0.836. The molecule has 3 aromatic carbocycles. The van der Waals surface area contributed by atoms with Crippen LogP contribution in [0.25, 0.3) is 28.0 Å². The van der Waals surface area contributed by atoms with Crippen molar-refractivity contribution in [2.45, 2.75) is 0 Å². The molecule has 7 heteroatoms. The van der Waals surface area contributed by atoms with Crippen LogP contribution in [0.15, 0.2) is 69.9 Å². The molecule has 0 N–H and O–H groups in total. The van der Waals surface area contributed by atoms with Crippen molar-refractivity contribution in [3.8, 4) is 17.1 Å². The summed E-state index contributed by atoms with van der Waals surface area (Å²) in [4.78, 5) is 17.9. The van der Waals surface area contributed by atoms with Crippen molar-refractivity contribution >= 4 is 50.0 Å². The fourth-order valence-electron chi connectivity index (χ4n) is 2.85. The van der Waals surface area contributed by atoms with Crippen molar-refractivity contribution in [3.63, 3.8) is 0 Å². The van der Waals surface area contributed by atoms with Gasteiger partial charge in [-0.2, -0.15) is 0 Å². The van der Waals surface area contributed by atoms with Crippen molar-refractivity contribution in [1.82, 2.24) is 9.55 Å². The van der Waals surface area contributed by atoms with Crippen molar-refractivity contribution < 1.29 is 4.39 Å². The van der Waals surface area contributed by atoms with E-state index in [0.717, 1.165) is 4.47 Å². The van der Waals surface area contributed by atoms with Gasteiger partial charge in [0.05, 0.1) is 21.6 Å². The minimum Gasteiger partial charge on any atom is -0.268 e. The van der Waals surface area contributed by atoms with Crippen LogP contribution in [-0.4, -0.2) is 9.55 Å². The fraction of sp³-hybridized carbons (Fsp3) is 0. The molecular formula is C20H10BrCl2FN2O. The molecular weight excluding hydrogens is 454 g/mol. The average molecular weight is 464 g/mol. The summed E-state index contributed by atoms with van der Waals surface area (Å²) < 4.78 is 16.2. The first kappa shape index (κ1) is 18.2. The van der Waals surface area contributed by atoms with Crippen molar-refractivity contribution in [2.75, 3.05) is 0 Å². The SMILES string of the molecule is O=c1c2ccc(Cl)cc2nc(-c2ccccc2Br)n1-c1ccc(Cl)c(F)c1. The lowest BCUT2D eigenvalue weighted by atomic mass is 10.1. The van der Waals surface area contributed by atoms with E-state index in [2.05, 4.69) is 20.9 Å². The van der Waals surface area contributed by atoms with Crippen LogP contribution in [0.1, 0.15) is 0 Å². The van der Waals surface area contributed by atoms with Crippen LogP contribution >= 0.6 is 39.1 Å². The van der Waals surface area contributed by atoms with E-state index >= 15 is 0 Å². The predicted octanol–water partition coefficient (Wildman–Crippen LogP) is 6.26. The number of hydrogen-bond donors (Lipinski definition) is 0. The van der Waals surface area contributed by atoms with E-state index in [1.165, 1.54) is 16.7 Å². The zero-order valence-corrected chi connectivity index (χ0v) is 16.7. The molecule has 0 radical (unpaired) electrons. The molecule has 0 fully saturated rings. The summed E-state index contributed by atoms with van der Waals surface area (Å²) in [7, 11) is 0. The largest absolute Gasteiger partial charge is 0.268 e. The van der Waals surface area contributed by atoms with Gasteiger partial charge in [-0.05, 0) is 42.5 Å². The summed E-state index contributed by atoms with van der Waals surface area (Å²) in [6, 6.07) is 16.4. The Hall–Kier alpha value is -2.21. The van der Waals surface area contributed by atoms with Crippen molar-refractivity contribution in [2.24, 2.45) is 0 Å². The fourth-order valence-corrected chi connectivity index (χ4v) is 3.59. The van der Waals surface area contributed by atoms with Crippen LogP contribution in [0.4, 0.5) is 4.39 Å². The molecule has 0 atom stereocenters. The molecule has 0 unspecified atom stereocenters. The Bertz CT molecular complexity index is 1260. The molecule has 27 heavy (non-hydrogen) atoms. The second-order valence-corrected chi connectivity index (χ2v) is 7.51. The predicted molar refractivity (Wildman–Crippen MR) is 110 cm³/mol. The Kier molecular flexibility index (Phi) is 4.76. The number of benzene rings is 3. The molecule has 0 bridgehead atoms. The van der Waals surface area contributed by atoms with E-state index in [4.69, 9.17) is 23.2 Å². The highest BCUT2D eigenvalue weighted by atomic mass is 79.9. The lowest BCUT2D eigenvalue weighted by molar-refractivity contribution is 0.627. The zero-order chi connectivity index (χ0) is 19.1. The zero-order valence-electron chi connectivity index (χ0n) is 13.6. The Labute approximate surface area is 172 Å². The first-order valence-corrected chi connectivity index (χ1v) is 9.43. The van der Waals surface area contributed by atoms with Gasteiger partial charge in [-0.25, -0.2) is 9.37 Å². The van der Waals surface area contributed by atoms with Crippen molar-refractivity contribution in [1.29, 1.82) is 0 Å². The summed E-state index contributed by atoms with van der Waals surface area (Å²) in [5.74, 6) is -0.251. The number of halogens is 4. The third-order valence-corrected chi connectivity index (χ3v) is 5.34. The van der Waals surface area contributed by atoms with Gasteiger partial charge in [0.2, 0.25) is 0 Å². The summed E-state index contributed by atoms with van der Waals surface area (Å²) >= 11 is 15.4. The van der Waals surface area contributed by atoms with E-state index in [9.17, 15) is 9.18 Å². The molecule has 134 valence electrons. The van der Waals surface area contributed by atoms with Crippen LogP contribution in [0, 0.1) is 5.82 Å². The van der Waals surface area contributed by atoms with Crippen molar-refractivity contribution in [3.05, 3.63) is 91.4 Å². The Morgan fingerprint density at radius 1 is 1.00 bits per heavy atom. The molecule has 0 spiro atoms. The maximum atomic E-state index is 14.1. The minimum absolute atomic E-state index is 0.0187. The maximum Gasteiger partial charge on any atom is 0.266 e. The standard InChI is InChI=1S/C20H10BrCl2FN2O/c21-15-4-2-1-3-13(15)19-25-18-9-11(22)5-7-14(18)20(27)26(19)12-6-8-16(23)17(24)10-12/h1-10H. The van der Waals surface area contributed by atoms with E-state index in [-0.39, 0.29) is 10.6 Å². The second-order valence-electron chi connectivity index (χ2n) is 5.82. The van der Waals surface area contributed by atoms with Crippen LogP contribution in [0.3, 0.4) is 0 Å². The topological polar surface area (TPSA) is 34.9 Å². The van der Waals surface area contributed by atoms with E-state index in [1.54, 1.807) is 24.3 Å². The van der Waals surface area contributed by atoms with Crippen LogP contribution < -0.4 is 5.56 Å². The highest BCUT2D eigenvalue weighted by molar-refractivity contribution is 9.10. The van der Waals surface area contributed by atoms with Gasteiger partial charge in [0.1, 0.15) is 11.6 Å². The molecule has 0 aliphatic rings. The smallest absolute Gasteiger partial charge is 0.266 e. The molecule has 1 heterocycles. The molecule has 0 amide bonds. The Morgan fingerprint density at radius 2 is 1.78 bits per heavy atom. The van der Waals surface area contributed by atoms with Gasteiger partial charge in [0.25, 0.3) is 5.56 Å². The second kappa shape index (κ2) is 7.08. The quantitative estimate of drug-likeness (QED) is 0.351. The lowest BCUT2D eigenvalue weighted by Gasteiger charge is -2.15. The first-order valence-electron chi connectivity index (χ1n) is 7.88. The highest BCUT2D eigenvalue weighted by Crippen LogP contribution is 2.30. The van der Waals surface area contributed by atoms with E-state index in [0.29, 0.717) is 33.0 Å². The van der Waals surface area contributed by atoms with Gasteiger partial charge in [0.15, 0.2) is 0 Å².